The molecule has 5 heteroatoms. The fourth-order valence-corrected chi connectivity index (χ4v) is 3.95. The van der Waals surface area contributed by atoms with E-state index in [2.05, 4.69) is 19.2 Å². The third kappa shape index (κ3) is 4.47. The van der Waals surface area contributed by atoms with Crippen molar-refractivity contribution < 1.29 is 9.59 Å². The molecule has 26 heavy (non-hydrogen) atoms. The summed E-state index contributed by atoms with van der Waals surface area (Å²) in [5.41, 5.74) is 2.96. The van der Waals surface area contributed by atoms with Gasteiger partial charge in [-0.2, -0.15) is 0 Å². The number of fused-ring (bicyclic) bond motifs is 1. The molecule has 3 rings (SSSR count). The Morgan fingerprint density at radius 1 is 1.08 bits per heavy atom. The average molecular weight is 369 g/mol. The van der Waals surface area contributed by atoms with E-state index >= 15 is 0 Å². The standard InChI is InChI=1S/C21H24N2O2S/c1-15(2)16-7-9-17(10-8-16)22-20(24)11-12-21(25)23-13-14-26-19-6-4-3-5-18(19)23/h3-10,15H,11-14H2,1-2H3,(H,22,24). The van der Waals surface area contributed by atoms with Crippen LogP contribution >= 0.6 is 11.8 Å². The Hall–Kier alpha value is -2.27. The van der Waals surface area contributed by atoms with E-state index in [-0.39, 0.29) is 24.7 Å². The fourth-order valence-electron chi connectivity index (χ4n) is 2.96. The zero-order valence-electron chi connectivity index (χ0n) is 15.2. The first kappa shape index (κ1) is 18.5. The molecule has 0 atom stereocenters. The molecule has 136 valence electrons. The van der Waals surface area contributed by atoms with Gasteiger partial charge in [-0.25, -0.2) is 0 Å². The van der Waals surface area contributed by atoms with E-state index in [4.69, 9.17) is 0 Å². The van der Waals surface area contributed by atoms with E-state index in [0.29, 0.717) is 12.5 Å². The number of anilines is 2. The maximum Gasteiger partial charge on any atom is 0.227 e. The predicted octanol–water partition coefficient (Wildman–Crippen LogP) is 4.67. The minimum atomic E-state index is -0.129. The number of carbonyl (C=O) groups is 2. The fraction of sp³-hybridized carbons (Fsp3) is 0.333. The maximum absolute atomic E-state index is 12.6. The van der Waals surface area contributed by atoms with Gasteiger partial charge >= 0.3 is 0 Å². The molecule has 0 saturated heterocycles. The van der Waals surface area contributed by atoms with E-state index in [1.54, 1.807) is 16.7 Å². The van der Waals surface area contributed by atoms with Crippen LogP contribution in [0.1, 0.15) is 38.2 Å². The van der Waals surface area contributed by atoms with Crippen molar-refractivity contribution in [2.45, 2.75) is 37.5 Å². The summed E-state index contributed by atoms with van der Waals surface area (Å²) < 4.78 is 0. The van der Waals surface area contributed by atoms with Crippen molar-refractivity contribution in [3.8, 4) is 0 Å². The lowest BCUT2D eigenvalue weighted by atomic mass is 10.0. The monoisotopic (exact) mass is 368 g/mol. The Kier molecular flexibility index (Phi) is 5.99. The summed E-state index contributed by atoms with van der Waals surface area (Å²) in [5, 5.41) is 2.87. The Labute approximate surface area is 159 Å². The molecule has 0 spiro atoms. The SMILES string of the molecule is CC(C)c1ccc(NC(=O)CCC(=O)N2CCSc3ccccc32)cc1. The van der Waals surface area contributed by atoms with E-state index in [0.717, 1.165) is 22.0 Å². The van der Waals surface area contributed by atoms with Crippen LogP contribution in [0.25, 0.3) is 0 Å². The molecular weight excluding hydrogens is 344 g/mol. The lowest BCUT2D eigenvalue weighted by molar-refractivity contribution is -0.122. The highest BCUT2D eigenvalue weighted by Gasteiger charge is 2.22. The van der Waals surface area contributed by atoms with Crippen LogP contribution < -0.4 is 10.2 Å². The summed E-state index contributed by atoms with van der Waals surface area (Å²) in [6.45, 7) is 4.96. The van der Waals surface area contributed by atoms with Crippen molar-refractivity contribution in [3.05, 3.63) is 54.1 Å². The molecule has 0 fully saturated rings. The number of thioether (sulfide) groups is 1. The number of nitrogens with zero attached hydrogens (tertiary/aromatic N) is 1. The number of amides is 2. The van der Waals surface area contributed by atoms with Gasteiger partial charge in [-0.15, -0.1) is 11.8 Å². The molecule has 0 aromatic heterocycles. The molecule has 0 radical (unpaired) electrons. The number of para-hydroxylation sites is 1. The van der Waals surface area contributed by atoms with Crippen LogP contribution in [0.5, 0.6) is 0 Å². The Bertz CT molecular complexity index is 787. The number of nitrogens with one attached hydrogen (secondary N) is 1. The highest BCUT2D eigenvalue weighted by atomic mass is 32.2. The van der Waals surface area contributed by atoms with E-state index in [1.165, 1.54) is 5.56 Å². The zero-order chi connectivity index (χ0) is 18.5. The second-order valence-corrected chi connectivity index (χ2v) is 7.82. The van der Waals surface area contributed by atoms with E-state index in [9.17, 15) is 9.59 Å². The average Bonchev–Trinajstić information content (AvgIpc) is 2.66. The second-order valence-electron chi connectivity index (χ2n) is 6.69. The molecule has 2 amide bonds. The van der Waals surface area contributed by atoms with Crippen molar-refractivity contribution in [1.82, 2.24) is 0 Å². The smallest absolute Gasteiger partial charge is 0.227 e. The van der Waals surface area contributed by atoms with Gasteiger partial charge in [-0.3, -0.25) is 9.59 Å². The van der Waals surface area contributed by atoms with Crippen molar-refractivity contribution in [2.24, 2.45) is 0 Å². The molecule has 0 bridgehead atoms. The van der Waals surface area contributed by atoms with Crippen molar-refractivity contribution >= 4 is 35.0 Å². The second kappa shape index (κ2) is 8.41. The van der Waals surface area contributed by atoms with Gasteiger partial charge in [0.2, 0.25) is 11.8 Å². The van der Waals surface area contributed by atoms with Crippen molar-refractivity contribution in [1.29, 1.82) is 0 Å². The molecule has 1 heterocycles. The van der Waals surface area contributed by atoms with Crippen LogP contribution in [0, 0.1) is 0 Å². The largest absolute Gasteiger partial charge is 0.326 e. The van der Waals surface area contributed by atoms with Gasteiger partial charge in [0.1, 0.15) is 0 Å². The van der Waals surface area contributed by atoms with Gasteiger partial charge in [0.25, 0.3) is 0 Å². The Balaban J connectivity index is 1.54. The number of rotatable bonds is 5. The van der Waals surface area contributed by atoms with Gasteiger partial charge in [0, 0.05) is 35.7 Å². The summed E-state index contributed by atoms with van der Waals surface area (Å²) in [7, 11) is 0. The molecular formula is C21H24N2O2S. The molecule has 0 unspecified atom stereocenters. The number of hydrogen-bond donors (Lipinski definition) is 1. The number of hydrogen-bond acceptors (Lipinski definition) is 3. The van der Waals surface area contributed by atoms with Crippen LogP contribution in [0.3, 0.4) is 0 Å². The summed E-state index contributed by atoms with van der Waals surface area (Å²) in [6.07, 6.45) is 0.408. The topological polar surface area (TPSA) is 49.4 Å². The van der Waals surface area contributed by atoms with Crippen LogP contribution in [0.15, 0.2) is 53.4 Å². The van der Waals surface area contributed by atoms with Crippen LogP contribution in [-0.2, 0) is 9.59 Å². The third-order valence-electron chi connectivity index (χ3n) is 4.46. The zero-order valence-corrected chi connectivity index (χ0v) is 16.0. The number of benzene rings is 2. The third-order valence-corrected chi connectivity index (χ3v) is 5.50. The highest BCUT2D eigenvalue weighted by molar-refractivity contribution is 7.99. The van der Waals surface area contributed by atoms with Crippen LogP contribution in [0.4, 0.5) is 11.4 Å². The Morgan fingerprint density at radius 2 is 1.81 bits per heavy atom. The lowest BCUT2D eigenvalue weighted by Gasteiger charge is -2.29. The first-order chi connectivity index (χ1) is 12.5. The summed E-state index contributed by atoms with van der Waals surface area (Å²) in [6, 6.07) is 15.8. The molecule has 2 aromatic carbocycles. The van der Waals surface area contributed by atoms with E-state index < -0.39 is 0 Å². The van der Waals surface area contributed by atoms with Gasteiger partial charge in [0.15, 0.2) is 0 Å². The van der Waals surface area contributed by atoms with E-state index in [1.807, 2.05) is 48.5 Å². The molecule has 1 N–H and O–H groups in total. The quantitative estimate of drug-likeness (QED) is 0.834. The summed E-state index contributed by atoms with van der Waals surface area (Å²) in [4.78, 5) is 27.7. The van der Waals surface area contributed by atoms with Gasteiger partial charge in [-0.05, 0) is 35.7 Å². The highest BCUT2D eigenvalue weighted by Crippen LogP contribution is 2.34. The van der Waals surface area contributed by atoms with Gasteiger partial charge in [-0.1, -0.05) is 38.1 Å². The van der Waals surface area contributed by atoms with Crippen LogP contribution in [0.2, 0.25) is 0 Å². The minimum absolute atomic E-state index is 0.00283. The molecule has 0 aliphatic carbocycles. The normalized spacial score (nSPS) is 13.4. The molecule has 1 aliphatic heterocycles. The molecule has 0 saturated carbocycles. The van der Waals surface area contributed by atoms with Crippen LogP contribution in [-0.4, -0.2) is 24.1 Å². The minimum Gasteiger partial charge on any atom is -0.326 e. The van der Waals surface area contributed by atoms with Crippen molar-refractivity contribution in [3.63, 3.8) is 0 Å². The maximum atomic E-state index is 12.6. The Morgan fingerprint density at radius 3 is 2.54 bits per heavy atom. The molecule has 4 nitrogen and oxygen atoms in total. The first-order valence-corrected chi connectivity index (χ1v) is 9.95. The molecule has 2 aromatic rings. The molecule has 1 aliphatic rings. The van der Waals surface area contributed by atoms with Crippen molar-refractivity contribution in [2.75, 3.05) is 22.5 Å². The lowest BCUT2D eigenvalue weighted by Crippen LogP contribution is -2.35. The summed E-state index contributed by atoms with van der Waals surface area (Å²) >= 11 is 1.77. The summed E-state index contributed by atoms with van der Waals surface area (Å²) in [5.74, 6) is 1.22. The first-order valence-electron chi connectivity index (χ1n) is 8.96. The number of carbonyl (C=O) groups excluding carboxylic acids is 2. The van der Waals surface area contributed by atoms with Gasteiger partial charge in [0.05, 0.1) is 5.69 Å². The van der Waals surface area contributed by atoms with Gasteiger partial charge < -0.3 is 10.2 Å². The predicted molar refractivity (Wildman–Crippen MR) is 108 cm³/mol.